The number of ether oxygens (including phenoxy) is 1. The standard InChI is InChI=1S/C26H26FN3O4/c1-17(2)25(32)29-19-13-11-18(12-14-19)15-28-26(33)20-7-3-6-10-23(20)34-16-24(31)30-22-9-5-4-8-21(22)27/h3-14,17H,15-16H2,1-2H3,(H,28,33)(H,29,32)(H,30,31). The van der Waals surface area contributed by atoms with Crippen LogP contribution in [0.1, 0.15) is 29.8 Å². The van der Waals surface area contributed by atoms with Crippen LogP contribution in [0.25, 0.3) is 0 Å². The van der Waals surface area contributed by atoms with Crippen LogP contribution in [0.2, 0.25) is 0 Å². The first-order valence-electron chi connectivity index (χ1n) is 10.8. The maximum atomic E-state index is 13.7. The number of anilines is 2. The topological polar surface area (TPSA) is 96.5 Å². The van der Waals surface area contributed by atoms with Gasteiger partial charge in [-0.3, -0.25) is 14.4 Å². The van der Waals surface area contributed by atoms with Gasteiger partial charge < -0.3 is 20.7 Å². The van der Waals surface area contributed by atoms with Crippen molar-refractivity contribution in [2.45, 2.75) is 20.4 Å². The van der Waals surface area contributed by atoms with Crippen molar-refractivity contribution in [3.8, 4) is 5.75 Å². The number of hydrogen-bond donors (Lipinski definition) is 3. The van der Waals surface area contributed by atoms with Crippen molar-refractivity contribution in [1.82, 2.24) is 5.32 Å². The summed E-state index contributed by atoms with van der Waals surface area (Å²) >= 11 is 0. The molecule has 0 saturated heterocycles. The highest BCUT2D eigenvalue weighted by Crippen LogP contribution is 2.19. The Labute approximate surface area is 197 Å². The molecule has 3 rings (SSSR count). The maximum Gasteiger partial charge on any atom is 0.262 e. The van der Waals surface area contributed by atoms with Gasteiger partial charge in [-0.15, -0.1) is 0 Å². The third kappa shape index (κ3) is 6.90. The van der Waals surface area contributed by atoms with Gasteiger partial charge >= 0.3 is 0 Å². The van der Waals surface area contributed by atoms with E-state index in [1.54, 1.807) is 42.5 Å². The molecule has 0 atom stereocenters. The molecule has 0 aliphatic rings. The van der Waals surface area contributed by atoms with E-state index >= 15 is 0 Å². The molecule has 0 radical (unpaired) electrons. The normalized spacial score (nSPS) is 10.5. The average molecular weight is 464 g/mol. The van der Waals surface area contributed by atoms with Crippen molar-refractivity contribution >= 4 is 29.1 Å². The molecule has 3 aromatic carbocycles. The molecule has 0 saturated carbocycles. The second-order valence-corrected chi connectivity index (χ2v) is 7.84. The molecule has 3 amide bonds. The van der Waals surface area contributed by atoms with Crippen LogP contribution in [-0.4, -0.2) is 24.3 Å². The predicted molar refractivity (Wildman–Crippen MR) is 128 cm³/mol. The molecule has 3 N–H and O–H groups in total. The van der Waals surface area contributed by atoms with E-state index in [0.717, 1.165) is 5.56 Å². The van der Waals surface area contributed by atoms with Gasteiger partial charge in [0.1, 0.15) is 11.6 Å². The van der Waals surface area contributed by atoms with Gasteiger partial charge in [-0.25, -0.2) is 4.39 Å². The van der Waals surface area contributed by atoms with Gasteiger partial charge in [0, 0.05) is 18.2 Å². The molecule has 0 aliphatic carbocycles. The summed E-state index contributed by atoms with van der Waals surface area (Å²) in [6.07, 6.45) is 0. The Morgan fingerprint density at radius 2 is 1.56 bits per heavy atom. The maximum absolute atomic E-state index is 13.7. The minimum atomic E-state index is -0.551. The Morgan fingerprint density at radius 3 is 2.26 bits per heavy atom. The SMILES string of the molecule is CC(C)C(=O)Nc1ccc(CNC(=O)c2ccccc2OCC(=O)Nc2ccccc2F)cc1. The molecule has 8 heteroatoms. The number of hydrogen-bond acceptors (Lipinski definition) is 4. The Balaban J connectivity index is 1.55. The molecule has 7 nitrogen and oxygen atoms in total. The van der Waals surface area contributed by atoms with Gasteiger partial charge in [0.25, 0.3) is 11.8 Å². The molecule has 0 fully saturated rings. The van der Waals surface area contributed by atoms with Gasteiger partial charge in [0.15, 0.2) is 6.61 Å². The molecule has 0 aliphatic heterocycles. The number of benzene rings is 3. The summed E-state index contributed by atoms with van der Waals surface area (Å²) in [4.78, 5) is 36.6. The first-order valence-corrected chi connectivity index (χ1v) is 10.8. The number of para-hydroxylation sites is 2. The molecule has 0 heterocycles. The Kier molecular flexibility index (Phi) is 8.34. The lowest BCUT2D eigenvalue weighted by atomic mass is 10.1. The van der Waals surface area contributed by atoms with Crippen molar-refractivity contribution in [3.63, 3.8) is 0 Å². The zero-order valence-electron chi connectivity index (χ0n) is 18.9. The Morgan fingerprint density at radius 1 is 0.882 bits per heavy atom. The van der Waals surface area contributed by atoms with E-state index in [0.29, 0.717) is 5.69 Å². The number of halogens is 1. The lowest BCUT2D eigenvalue weighted by Gasteiger charge is -2.12. The Bertz CT molecular complexity index is 1160. The lowest BCUT2D eigenvalue weighted by molar-refractivity contribution is -0.119. The molecule has 0 aromatic heterocycles. The van der Waals surface area contributed by atoms with E-state index in [9.17, 15) is 18.8 Å². The summed E-state index contributed by atoms with van der Waals surface area (Å²) < 4.78 is 19.2. The van der Waals surface area contributed by atoms with Crippen LogP contribution in [0.5, 0.6) is 5.75 Å². The van der Waals surface area contributed by atoms with Crippen LogP contribution < -0.4 is 20.7 Å². The van der Waals surface area contributed by atoms with Crippen LogP contribution in [-0.2, 0) is 16.1 Å². The Hall–Kier alpha value is -4.20. The van der Waals surface area contributed by atoms with Gasteiger partial charge in [0.05, 0.1) is 11.3 Å². The van der Waals surface area contributed by atoms with Crippen LogP contribution in [0.3, 0.4) is 0 Å². The van der Waals surface area contributed by atoms with Crippen LogP contribution in [0.15, 0.2) is 72.8 Å². The molecule has 3 aromatic rings. The molecule has 0 bridgehead atoms. The van der Waals surface area contributed by atoms with E-state index in [1.165, 1.54) is 18.2 Å². The fourth-order valence-corrected chi connectivity index (χ4v) is 2.94. The third-order valence-corrected chi connectivity index (χ3v) is 4.84. The first-order chi connectivity index (χ1) is 16.3. The smallest absolute Gasteiger partial charge is 0.262 e. The lowest BCUT2D eigenvalue weighted by Crippen LogP contribution is -2.25. The minimum absolute atomic E-state index is 0.0527. The number of amides is 3. The monoisotopic (exact) mass is 463 g/mol. The van der Waals surface area contributed by atoms with Crippen molar-refractivity contribution in [2.75, 3.05) is 17.2 Å². The number of carbonyl (C=O) groups is 3. The van der Waals surface area contributed by atoms with E-state index in [-0.39, 0.29) is 47.9 Å². The zero-order valence-corrected chi connectivity index (χ0v) is 18.9. The summed E-state index contributed by atoms with van der Waals surface area (Å²) in [7, 11) is 0. The van der Waals surface area contributed by atoms with Crippen molar-refractivity contribution < 1.29 is 23.5 Å². The largest absolute Gasteiger partial charge is 0.483 e. The number of nitrogens with one attached hydrogen (secondary N) is 3. The number of rotatable bonds is 9. The van der Waals surface area contributed by atoms with Crippen molar-refractivity contribution in [3.05, 3.63) is 89.7 Å². The fourth-order valence-electron chi connectivity index (χ4n) is 2.94. The van der Waals surface area contributed by atoms with Gasteiger partial charge in [-0.1, -0.05) is 50.2 Å². The molecular weight excluding hydrogens is 437 g/mol. The summed E-state index contributed by atoms with van der Waals surface area (Å²) in [5.74, 6) is -1.43. The summed E-state index contributed by atoms with van der Waals surface area (Å²) in [6.45, 7) is 3.51. The van der Waals surface area contributed by atoms with E-state index in [2.05, 4.69) is 16.0 Å². The van der Waals surface area contributed by atoms with Gasteiger partial charge in [-0.05, 0) is 42.0 Å². The van der Waals surface area contributed by atoms with E-state index < -0.39 is 11.7 Å². The second kappa shape index (κ2) is 11.6. The highest BCUT2D eigenvalue weighted by Gasteiger charge is 2.14. The van der Waals surface area contributed by atoms with Crippen molar-refractivity contribution in [1.29, 1.82) is 0 Å². The molecule has 34 heavy (non-hydrogen) atoms. The first kappa shape index (κ1) is 24.4. The van der Waals surface area contributed by atoms with E-state index in [4.69, 9.17) is 4.74 Å². The zero-order chi connectivity index (χ0) is 24.5. The number of carbonyl (C=O) groups excluding carboxylic acids is 3. The van der Waals surface area contributed by atoms with Gasteiger partial charge in [-0.2, -0.15) is 0 Å². The summed E-state index contributed by atoms with van der Waals surface area (Å²) in [5, 5.41) is 8.06. The van der Waals surface area contributed by atoms with Gasteiger partial charge in [0.2, 0.25) is 5.91 Å². The molecular formula is C26H26FN3O4. The van der Waals surface area contributed by atoms with Crippen LogP contribution >= 0.6 is 0 Å². The predicted octanol–water partition coefficient (Wildman–Crippen LogP) is 4.37. The van der Waals surface area contributed by atoms with Crippen molar-refractivity contribution in [2.24, 2.45) is 5.92 Å². The second-order valence-electron chi connectivity index (χ2n) is 7.84. The van der Waals surface area contributed by atoms with E-state index in [1.807, 2.05) is 26.0 Å². The van der Waals surface area contributed by atoms with Crippen LogP contribution in [0.4, 0.5) is 15.8 Å². The quantitative estimate of drug-likeness (QED) is 0.439. The summed E-state index contributed by atoms with van der Waals surface area (Å²) in [6, 6.07) is 19.5. The van der Waals surface area contributed by atoms with Crippen LogP contribution in [0, 0.1) is 11.7 Å². The highest BCUT2D eigenvalue weighted by molar-refractivity contribution is 5.97. The third-order valence-electron chi connectivity index (χ3n) is 4.84. The molecule has 0 spiro atoms. The average Bonchev–Trinajstić information content (AvgIpc) is 2.83. The summed E-state index contributed by atoms with van der Waals surface area (Å²) in [5.41, 5.74) is 1.85. The fraction of sp³-hybridized carbons (Fsp3) is 0.192. The highest BCUT2D eigenvalue weighted by atomic mass is 19.1. The molecule has 0 unspecified atom stereocenters. The molecule has 176 valence electrons. The minimum Gasteiger partial charge on any atom is -0.483 e.